The second-order valence-corrected chi connectivity index (χ2v) is 5.10. The van der Waals surface area contributed by atoms with Crippen LogP contribution in [0, 0.1) is 0 Å². The topological polar surface area (TPSA) is 52.6 Å². The van der Waals surface area contributed by atoms with E-state index in [0.717, 1.165) is 5.69 Å². The number of hydrogen-bond donors (Lipinski definition) is 2. The molecule has 0 spiro atoms. The molecular weight excluding hydrogens is 240 g/mol. The first-order valence-electron chi connectivity index (χ1n) is 6.76. The molecule has 0 saturated carbocycles. The van der Waals surface area contributed by atoms with Gasteiger partial charge in [-0.25, -0.2) is 0 Å². The van der Waals surface area contributed by atoms with E-state index in [4.69, 9.17) is 0 Å². The van der Waals surface area contributed by atoms with Crippen LogP contribution in [-0.4, -0.2) is 41.1 Å². The molecule has 0 aromatic heterocycles. The fourth-order valence-electron chi connectivity index (χ4n) is 1.89. The van der Waals surface area contributed by atoms with E-state index in [1.165, 1.54) is 0 Å². The first kappa shape index (κ1) is 15.7. The highest BCUT2D eigenvalue weighted by Crippen LogP contribution is 2.07. The Bertz CT molecular complexity index is 377. The number of anilines is 1. The molecule has 2 N–H and O–H groups in total. The Morgan fingerprint density at radius 3 is 2.42 bits per heavy atom. The lowest BCUT2D eigenvalue weighted by atomic mass is 10.2. The minimum absolute atomic E-state index is 0.00226. The zero-order valence-corrected chi connectivity index (χ0v) is 12.0. The summed E-state index contributed by atoms with van der Waals surface area (Å²) in [5.41, 5.74) is 0.819. The highest BCUT2D eigenvalue weighted by Gasteiger charge is 2.13. The van der Waals surface area contributed by atoms with Gasteiger partial charge in [-0.1, -0.05) is 18.2 Å². The van der Waals surface area contributed by atoms with Crippen molar-refractivity contribution < 1.29 is 9.90 Å². The third kappa shape index (κ3) is 6.36. The molecule has 0 aliphatic carbocycles. The summed E-state index contributed by atoms with van der Waals surface area (Å²) in [5, 5.41) is 12.3. The Balaban J connectivity index is 2.39. The largest absolute Gasteiger partial charge is 0.392 e. The molecule has 0 bridgehead atoms. The lowest BCUT2D eigenvalue weighted by molar-refractivity contribution is -0.116. The SMILES string of the molecule is CC(O)CN(CCC(=O)Nc1ccccc1)C(C)C. The summed E-state index contributed by atoms with van der Waals surface area (Å²) in [6.45, 7) is 7.14. The van der Waals surface area contributed by atoms with Crippen molar-refractivity contribution >= 4 is 11.6 Å². The van der Waals surface area contributed by atoms with E-state index < -0.39 is 0 Å². The van der Waals surface area contributed by atoms with E-state index in [0.29, 0.717) is 25.6 Å². The average molecular weight is 264 g/mol. The number of amides is 1. The maximum atomic E-state index is 11.8. The van der Waals surface area contributed by atoms with Crippen molar-refractivity contribution in [3.63, 3.8) is 0 Å². The van der Waals surface area contributed by atoms with Crippen LogP contribution in [0.15, 0.2) is 30.3 Å². The number of carbonyl (C=O) groups excluding carboxylic acids is 1. The van der Waals surface area contributed by atoms with Crippen LogP contribution in [0.5, 0.6) is 0 Å². The van der Waals surface area contributed by atoms with Gasteiger partial charge in [0.2, 0.25) is 5.91 Å². The van der Waals surface area contributed by atoms with Crippen LogP contribution in [-0.2, 0) is 4.79 Å². The van der Waals surface area contributed by atoms with Gasteiger partial charge < -0.3 is 10.4 Å². The number of rotatable bonds is 7. The number of benzene rings is 1. The van der Waals surface area contributed by atoms with Crippen LogP contribution < -0.4 is 5.32 Å². The molecule has 0 aliphatic heterocycles. The number of nitrogens with zero attached hydrogens (tertiary/aromatic N) is 1. The molecule has 0 fully saturated rings. The van der Waals surface area contributed by atoms with Gasteiger partial charge in [-0.05, 0) is 32.9 Å². The summed E-state index contributed by atoms with van der Waals surface area (Å²) in [6, 6.07) is 9.76. The molecule has 4 nitrogen and oxygen atoms in total. The standard InChI is InChI=1S/C15H24N2O2/c1-12(2)17(11-13(3)18)10-9-15(19)16-14-7-5-4-6-8-14/h4-8,12-13,18H,9-11H2,1-3H3,(H,16,19). The predicted octanol–water partition coefficient (Wildman–Crippen LogP) is 2.11. The fourth-order valence-corrected chi connectivity index (χ4v) is 1.89. The number of nitrogens with one attached hydrogen (secondary N) is 1. The van der Waals surface area contributed by atoms with E-state index in [1.54, 1.807) is 6.92 Å². The van der Waals surface area contributed by atoms with Gasteiger partial charge in [-0.3, -0.25) is 9.69 Å². The van der Waals surface area contributed by atoms with E-state index in [2.05, 4.69) is 24.1 Å². The van der Waals surface area contributed by atoms with Gasteiger partial charge in [0.15, 0.2) is 0 Å². The molecule has 1 aromatic carbocycles. The monoisotopic (exact) mass is 264 g/mol. The maximum Gasteiger partial charge on any atom is 0.225 e. The Morgan fingerprint density at radius 1 is 1.26 bits per heavy atom. The predicted molar refractivity (Wildman–Crippen MR) is 78.1 cm³/mol. The summed E-state index contributed by atoms with van der Waals surface area (Å²) in [5.74, 6) is 0.00226. The maximum absolute atomic E-state index is 11.8. The Labute approximate surface area is 115 Å². The van der Waals surface area contributed by atoms with E-state index >= 15 is 0 Å². The van der Waals surface area contributed by atoms with Crippen molar-refractivity contribution in [2.24, 2.45) is 0 Å². The summed E-state index contributed by atoms with van der Waals surface area (Å²) >= 11 is 0. The average Bonchev–Trinajstić information content (AvgIpc) is 2.35. The quantitative estimate of drug-likeness (QED) is 0.793. The number of hydrogen-bond acceptors (Lipinski definition) is 3. The smallest absolute Gasteiger partial charge is 0.225 e. The van der Waals surface area contributed by atoms with E-state index in [9.17, 15) is 9.90 Å². The molecule has 19 heavy (non-hydrogen) atoms. The van der Waals surface area contributed by atoms with Gasteiger partial charge >= 0.3 is 0 Å². The molecule has 4 heteroatoms. The van der Waals surface area contributed by atoms with Gasteiger partial charge in [-0.15, -0.1) is 0 Å². The van der Waals surface area contributed by atoms with Gasteiger partial charge in [0, 0.05) is 31.2 Å². The molecule has 1 atom stereocenters. The summed E-state index contributed by atoms with van der Waals surface area (Å²) in [4.78, 5) is 13.9. The molecule has 0 saturated heterocycles. The summed E-state index contributed by atoms with van der Waals surface area (Å²) in [7, 11) is 0. The molecule has 0 aliphatic rings. The lowest BCUT2D eigenvalue weighted by Crippen LogP contribution is -2.38. The first-order chi connectivity index (χ1) is 8.99. The summed E-state index contributed by atoms with van der Waals surface area (Å²) in [6.07, 6.45) is 0.0550. The van der Waals surface area contributed by atoms with Crippen LogP contribution >= 0.6 is 0 Å². The van der Waals surface area contributed by atoms with Crippen molar-refractivity contribution in [3.05, 3.63) is 30.3 Å². The van der Waals surface area contributed by atoms with Crippen molar-refractivity contribution in [2.45, 2.75) is 39.3 Å². The number of aliphatic hydroxyl groups excluding tert-OH is 1. The number of para-hydroxylation sites is 1. The fraction of sp³-hybridized carbons (Fsp3) is 0.533. The molecule has 1 aromatic rings. The molecular formula is C15H24N2O2. The lowest BCUT2D eigenvalue weighted by Gasteiger charge is -2.27. The number of aliphatic hydroxyl groups is 1. The third-order valence-corrected chi connectivity index (χ3v) is 2.91. The Hall–Kier alpha value is -1.39. The minimum Gasteiger partial charge on any atom is -0.392 e. The van der Waals surface area contributed by atoms with Gasteiger partial charge in [0.1, 0.15) is 0 Å². The van der Waals surface area contributed by atoms with Crippen LogP contribution in [0.3, 0.4) is 0 Å². The minimum atomic E-state index is -0.375. The van der Waals surface area contributed by atoms with Gasteiger partial charge in [0.05, 0.1) is 6.10 Å². The van der Waals surface area contributed by atoms with Crippen molar-refractivity contribution in [3.8, 4) is 0 Å². The zero-order chi connectivity index (χ0) is 14.3. The van der Waals surface area contributed by atoms with Gasteiger partial charge in [0.25, 0.3) is 0 Å². The van der Waals surface area contributed by atoms with Crippen molar-refractivity contribution in [1.82, 2.24) is 4.90 Å². The van der Waals surface area contributed by atoms with Crippen molar-refractivity contribution in [1.29, 1.82) is 0 Å². The summed E-state index contributed by atoms with van der Waals surface area (Å²) < 4.78 is 0. The van der Waals surface area contributed by atoms with Crippen LogP contribution in [0.25, 0.3) is 0 Å². The number of carbonyl (C=O) groups is 1. The normalized spacial score (nSPS) is 12.7. The molecule has 1 rings (SSSR count). The molecule has 106 valence electrons. The van der Waals surface area contributed by atoms with Crippen molar-refractivity contribution in [2.75, 3.05) is 18.4 Å². The molecule has 1 unspecified atom stereocenters. The Morgan fingerprint density at radius 2 is 1.89 bits per heavy atom. The Kier molecular flexibility index (Phi) is 6.53. The second kappa shape index (κ2) is 7.92. The zero-order valence-electron chi connectivity index (χ0n) is 12.0. The highest BCUT2D eigenvalue weighted by molar-refractivity contribution is 5.90. The van der Waals surface area contributed by atoms with Crippen LogP contribution in [0.1, 0.15) is 27.2 Å². The van der Waals surface area contributed by atoms with Crippen LogP contribution in [0.2, 0.25) is 0 Å². The highest BCUT2D eigenvalue weighted by atomic mass is 16.3. The van der Waals surface area contributed by atoms with Crippen LogP contribution in [0.4, 0.5) is 5.69 Å². The van der Waals surface area contributed by atoms with E-state index in [-0.39, 0.29) is 12.0 Å². The van der Waals surface area contributed by atoms with E-state index in [1.807, 2.05) is 30.3 Å². The van der Waals surface area contributed by atoms with Gasteiger partial charge in [-0.2, -0.15) is 0 Å². The third-order valence-electron chi connectivity index (χ3n) is 2.91. The molecule has 1 amide bonds. The molecule has 0 heterocycles. The molecule has 0 radical (unpaired) electrons. The second-order valence-electron chi connectivity index (χ2n) is 5.10. The first-order valence-corrected chi connectivity index (χ1v) is 6.76.